The first-order chi connectivity index (χ1) is 10.0. The van der Waals surface area contributed by atoms with Crippen molar-refractivity contribution in [2.24, 2.45) is 0 Å². The summed E-state index contributed by atoms with van der Waals surface area (Å²) in [6.45, 7) is 0.657. The Morgan fingerprint density at radius 2 is 2.10 bits per heavy atom. The van der Waals surface area contributed by atoms with Crippen molar-refractivity contribution in [2.45, 2.75) is 4.90 Å². The minimum absolute atomic E-state index is 0.0645. The molecule has 0 saturated heterocycles. The van der Waals surface area contributed by atoms with E-state index in [1.165, 1.54) is 0 Å². The number of benzene rings is 2. The fourth-order valence-corrected chi connectivity index (χ4v) is 4.11. The van der Waals surface area contributed by atoms with Crippen LogP contribution in [0.4, 0.5) is 11.4 Å². The number of anilines is 2. The quantitative estimate of drug-likeness (QED) is 0.741. The van der Waals surface area contributed by atoms with Crippen LogP contribution in [0.25, 0.3) is 0 Å². The summed E-state index contributed by atoms with van der Waals surface area (Å²) in [5.74, 6) is 0.801. The van der Waals surface area contributed by atoms with Crippen LogP contribution in [0.5, 0.6) is 0 Å². The molecule has 0 aromatic heterocycles. The predicted molar refractivity (Wildman–Crippen MR) is 92.4 cm³/mol. The van der Waals surface area contributed by atoms with Crippen LogP contribution in [0.2, 0.25) is 5.02 Å². The third kappa shape index (κ3) is 3.05. The summed E-state index contributed by atoms with van der Waals surface area (Å²) in [6.07, 6.45) is 0. The van der Waals surface area contributed by atoms with Gasteiger partial charge in [-0.2, -0.15) is 0 Å². The van der Waals surface area contributed by atoms with Gasteiger partial charge in [0.2, 0.25) is 0 Å². The lowest BCUT2D eigenvalue weighted by atomic mass is 10.1. The predicted octanol–water partition coefficient (Wildman–Crippen LogP) is 4.44. The van der Waals surface area contributed by atoms with Crippen molar-refractivity contribution >= 4 is 56.6 Å². The fraction of sp³-hybridized carbons (Fsp3) is 0.133. The highest BCUT2D eigenvalue weighted by Crippen LogP contribution is 2.37. The largest absolute Gasteiger partial charge is 0.399 e. The molecule has 3 rings (SSSR count). The lowest BCUT2D eigenvalue weighted by molar-refractivity contribution is 0.0987. The van der Waals surface area contributed by atoms with Gasteiger partial charge in [0.15, 0.2) is 0 Å². The minimum atomic E-state index is -0.0645. The smallest absolute Gasteiger partial charge is 0.258 e. The number of fused-ring (bicyclic) bond motifs is 1. The molecule has 3 nitrogen and oxygen atoms in total. The highest BCUT2D eigenvalue weighted by atomic mass is 79.9. The topological polar surface area (TPSA) is 46.3 Å². The van der Waals surface area contributed by atoms with Gasteiger partial charge in [-0.25, -0.2) is 0 Å². The molecule has 6 heteroatoms. The Kier molecular flexibility index (Phi) is 4.15. The number of carbonyl (C=O) groups is 1. The zero-order valence-electron chi connectivity index (χ0n) is 11.0. The van der Waals surface area contributed by atoms with Crippen LogP contribution in [0.3, 0.4) is 0 Å². The van der Waals surface area contributed by atoms with E-state index in [0.29, 0.717) is 22.8 Å². The van der Waals surface area contributed by atoms with Crippen molar-refractivity contribution in [2.75, 3.05) is 22.9 Å². The molecule has 1 amide bonds. The number of halogens is 2. The highest BCUT2D eigenvalue weighted by molar-refractivity contribution is 9.10. The third-order valence-electron chi connectivity index (χ3n) is 3.20. The molecular weight excluding hydrogens is 372 g/mol. The molecule has 0 saturated carbocycles. The van der Waals surface area contributed by atoms with Gasteiger partial charge in [-0.15, -0.1) is 11.8 Å². The van der Waals surface area contributed by atoms with E-state index in [0.717, 1.165) is 20.8 Å². The summed E-state index contributed by atoms with van der Waals surface area (Å²) in [4.78, 5) is 15.6. The summed E-state index contributed by atoms with van der Waals surface area (Å²) < 4.78 is 0.789. The molecule has 0 aliphatic carbocycles. The molecule has 2 aromatic rings. The zero-order chi connectivity index (χ0) is 15.0. The van der Waals surface area contributed by atoms with Gasteiger partial charge in [0.1, 0.15) is 0 Å². The number of nitrogens with two attached hydrogens (primary N) is 1. The molecule has 2 aromatic carbocycles. The third-order valence-corrected chi connectivity index (χ3v) is 4.92. The van der Waals surface area contributed by atoms with E-state index in [-0.39, 0.29) is 5.91 Å². The Balaban J connectivity index is 2.01. The van der Waals surface area contributed by atoms with E-state index in [9.17, 15) is 4.79 Å². The molecule has 1 aliphatic heterocycles. The van der Waals surface area contributed by atoms with E-state index in [4.69, 9.17) is 17.3 Å². The standard InChI is InChI=1S/C15H12BrClN2OS/c16-10-5-9(6-11(17)7-10)15(20)19-3-4-21-14-2-1-12(18)8-13(14)19/h1-2,5-8H,3-4,18H2. The molecule has 0 fully saturated rings. The lowest BCUT2D eigenvalue weighted by Crippen LogP contribution is -2.35. The van der Waals surface area contributed by atoms with Crippen LogP contribution < -0.4 is 10.6 Å². The van der Waals surface area contributed by atoms with Crippen molar-refractivity contribution in [3.8, 4) is 0 Å². The minimum Gasteiger partial charge on any atom is -0.399 e. The fourth-order valence-electron chi connectivity index (χ4n) is 2.28. The summed E-state index contributed by atoms with van der Waals surface area (Å²) in [5.41, 5.74) is 7.94. The van der Waals surface area contributed by atoms with Gasteiger partial charge in [0.05, 0.1) is 5.69 Å². The molecule has 1 heterocycles. The van der Waals surface area contributed by atoms with Gasteiger partial charge in [0, 0.05) is 37.9 Å². The number of nitrogen functional groups attached to an aromatic ring is 1. The Morgan fingerprint density at radius 3 is 2.86 bits per heavy atom. The second-order valence-electron chi connectivity index (χ2n) is 4.69. The van der Waals surface area contributed by atoms with Crippen molar-refractivity contribution in [3.05, 3.63) is 51.5 Å². The normalized spacial score (nSPS) is 13.9. The maximum atomic E-state index is 12.8. The first-order valence-electron chi connectivity index (χ1n) is 6.35. The average molecular weight is 384 g/mol. The molecule has 0 bridgehead atoms. The lowest BCUT2D eigenvalue weighted by Gasteiger charge is -2.29. The number of hydrogen-bond acceptors (Lipinski definition) is 3. The Hall–Kier alpha value is -1.17. The number of amides is 1. The molecule has 0 atom stereocenters. The summed E-state index contributed by atoms with van der Waals surface area (Å²) in [7, 11) is 0. The van der Waals surface area contributed by atoms with Crippen LogP contribution in [-0.2, 0) is 0 Å². The number of thioether (sulfide) groups is 1. The SMILES string of the molecule is Nc1ccc2c(c1)N(C(=O)c1cc(Cl)cc(Br)c1)CCS2. The van der Waals surface area contributed by atoms with E-state index >= 15 is 0 Å². The van der Waals surface area contributed by atoms with Gasteiger partial charge in [-0.1, -0.05) is 27.5 Å². The van der Waals surface area contributed by atoms with Gasteiger partial charge in [-0.05, 0) is 36.4 Å². The van der Waals surface area contributed by atoms with Crippen LogP contribution in [0.1, 0.15) is 10.4 Å². The van der Waals surface area contributed by atoms with Crippen LogP contribution in [0, 0.1) is 0 Å². The number of nitrogens with zero attached hydrogens (tertiary/aromatic N) is 1. The molecule has 0 radical (unpaired) electrons. The van der Waals surface area contributed by atoms with E-state index in [1.54, 1.807) is 34.9 Å². The van der Waals surface area contributed by atoms with Crippen molar-refractivity contribution in [3.63, 3.8) is 0 Å². The van der Waals surface area contributed by atoms with E-state index in [1.807, 2.05) is 18.2 Å². The first-order valence-corrected chi connectivity index (χ1v) is 8.50. The molecule has 0 unspecified atom stereocenters. The average Bonchev–Trinajstić information content (AvgIpc) is 2.44. The number of rotatable bonds is 1. The van der Waals surface area contributed by atoms with Crippen LogP contribution >= 0.6 is 39.3 Å². The second-order valence-corrected chi connectivity index (χ2v) is 7.18. The van der Waals surface area contributed by atoms with Crippen molar-refractivity contribution in [1.29, 1.82) is 0 Å². The Labute approximate surface area is 140 Å². The second kappa shape index (κ2) is 5.91. The van der Waals surface area contributed by atoms with Gasteiger partial charge >= 0.3 is 0 Å². The highest BCUT2D eigenvalue weighted by Gasteiger charge is 2.24. The summed E-state index contributed by atoms with van der Waals surface area (Å²) in [6, 6.07) is 10.9. The van der Waals surface area contributed by atoms with Crippen LogP contribution in [-0.4, -0.2) is 18.2 Å². The van der Waals surface area contributed by atoms with E-state index < -0.39 is 0 Å². The number of carbonyl (C=O) groups excluding carboxylic acids is 1. The van der Waals surface area contributed by atoms with E-state index in [2.05, 4.69) is 15.9 Å². The Morgan fingerprint density at radius 1 is 1.29 bits per heavy atom. The zero-order valence-corrected chi connectivity index (χ0v) is 14.1. The van der Waals surface area contributed by atoms with Gasteiger partial charge in [0.25, 0.3) is 5.91 Å². The molecule has 0 spiro atoms. The number of hydrogen-bond donors (Lipinski definition) is 1. The van der Waals surface area contributed by atoms with Gasteiger partial charge < -0.3 is 10.6 Å². The molecule has 108 valence electrons. The summed E-state index contributed by atoms with van der Waals surface area (Å²) >= 11 is 11.1. The molecular formula is C15H12BrClN2OS. The van der Waals surface area contributed by atoms with Gasteiger partial charge in [-0.3, -0.25) is 4.79 Å². The molecule has 2 N–H and O–H groups in total. The van der Waals surface area contributed by atoms with Crippen LogP contribution in [0.15, 0.2) is 45.8 Å². The maximum absolute atomic E-state index is 12.8. The monoisotopic (exact) mass is 382 g/mol. The molecule has 21 heavy (non-hydrogen) atoms. The van der Waals surface area contributed by atoms with Crippen molar-refractivity contribution in [1.82, 2.24) is 0 Å². The Bertz CT molecular complexity index is 703. The first kappa shape index (κ1) is 14.8. The summed E-state index contributed by atoms with van der Waals surface area (Å²) in [5, 5.41) is 0.534. The maximum Gasteiger partial charge on any atom is 0.258 e. The molecule has 1 aliphatic rings. The van der Waals surface area contributed by atoms with Crippen molar-refractivity contribution < 1.29 is 4.79 Å².